The third-order valence-corrected chi connectivity index (χ3v) is 9.21. The molecule has 0 spiro atoms. The van der Waals surface area contributed by atoms with Gasteiger partial charge in [0.1, 0.15) is 11.9 Å². The van der Waals surface area contributed by atoms with E-state index in [1.807, 2.05) is 0 Å². The Morgan fingerprint density at radius 1 is 1.14 bits per heavy atom. The molecule has 2 aromatic carbocycles. The summed E-state index contributed by atoms with van der Waals surface area (Å²) in [5.74, 6) is 1.62. The van der Waals surface area contributed by atoms with Crippen molar-refractivity contribution in [2.45, 2.75) is 58.0 Å². The first-order chi connectivity index (χ1) is 20.6. The fraction of sp³-hybridized carbons (Fsp3) is 0.471. The number of benzene rings is 2. The minimum atomic E-state index is -0.210. The lowest BCUT2D eigenvalue weighted by atomic mass is 9.82. The van der Waals surface area contributed by atoms with Gasteiger partial charge in [-0.15, -0.1) is 0 Å². The van der Waals surface area contributed by atoms with E-state index in [2.05, 4.69) is 64.5 Å². The molecule has 1 saturated carbocycles. The molecule has 2 aliphatic heterocycles. The van der Waals surface area contributed by atoms with Crippen molar-refractivity contribution in [1.82, 2.24) is 14.9 Å². The number of ether oxygens (including phenoxy) is 1. The Morgan fingerprint density at radius 2 is 1.98 bits per heavy atom. The number of carbonyl (C=O) groups is 1. The summed E-state index contributed by atoms with van der Waals surface area (Å²) in [5, 5.41) is 2.53. The molecule has 218 valence electrons. The number of aromatic nitrogens is 2. The number of piperazine rings is 1. The Morgan fingerprint density at radius 3 is 2.74 bits per heavy atom. The third kappa shape index (κ3) is 5.65. The van der Waals surface area contributed by atoms with Crippen molar-refractivity contribution in [3.8, 4) is 6.01 Å². The van der Waals surface area contributed by atoms with E-state index in [-0.39, 0.29) is 18.5 Å². The number of aryl methyl sites for hydroxylation is 1. The molecule has 0 radical (unpaired) electrons. The highest BCUT2D eigenvalue weighted by Gasteiger charge is 2.35. The maximum atomic E-state index is 12.5. The Balaban J connectivity index is 1.30. The van der Waals surface area contributed by atoms with Crippen LogP contribution in [0, 0.1) is 19.4 Å². The Kier molecular flexibility index (Phi) is 8.27. The van der Waals surface area contributed by atoms with E-state index in [1.165, 1.54) is 53.8 Å². The average Bonchev–Trinajstić information content (AvgIpc) is 2.99. The summed E-state index contributed by atoms with van der Waals surface area (Å²) >= 11 is 0. The summed E-state index contributed by atoms with van der Waals surface area (Å²) in [6.45, 7) is 17.5. The SMILES string of the molecule is [C-]#[N+]C[C@H]1CN(c2nc(OCCCC3CCC3)nc3c2CCN(c2cccc4cccc(C)c24)C3)CCN1C(=O)C=C. The number of hydrogen-bond acceptors (Lipinski definition) is 6. The predicted octanol–water partition coefficient (Wildman–Crippen LogP) is 5.58. The molecule has 2 fully saturated rings. The lowest BCUT2D eigenvalue weighted by Crippen LogP contribution is -2.56. The quantitative estimate of drug-likeness (QED) is 0.192. The van der Waals surface area contributed by atoms with Gasteiger partial charge in [-0.3, -0.25) is 4.79 Å². The lowest BCUT2D eigenvalue weighted by Gasteiger charge is -2.41. The monoisotopic (exact) mass is 564 g/mol. The Bertz CT molecular complexity index is 1500. The first-order valence-electron chi connectivity index (χ1n) is 15.3. The van der Waals surface area contributed by atoms with E-state index in [0.29, 0.717) is 38.8 Å². The van der Waals surface area contributed by atoms with Gasteiger partial charge in [-0.05, 0) is 55.2 Å². The van der Waals surface area contributed by atoms with E-state index in [0.717, 1.165) is 42.4 Å². The highest BCUT2D eigenvalue weighted by Crippen LogP contribution is 2.36. The average molecular weight is 565 g/mol. The molecular weight excluding hydrogens is 524 g/mol. The van der Waals surface area contributed by atoms with Crippen LogP contribution in [-0.2, 0) is 17.8 Å². The van der Waals surface area contributed by atoms with Gasteiger partial charge in [-0.1, -0.05) is 56.2 Å². The Labute approximate surface area is 248 Å². The van der Waals surface area contributed by atoms with Crippen molar-refractivity contribution in [2.24, 2.45) is 5.92 Å². The van der Waals surface area contributed by atoms with Crippen LogP contribution >= 0.6 is 0 Å². The second kappa shape index (κ2) is 12.4. The van der Waals surface area contributed by atoms with Crippen LogP contribution in [0.2, 0.25) is 0 Å². The molecule has 1 saturated heterocycles. The van der Waals surface area contributed by atoms with Crippen LogP contribution in [0.5, 0.6) is 6.01 Å². The summed E-state index contributed by atoms with van der Waals surface area (Å²) in [6, 6.07) is 13.2. The van der Waals surface area contributed by atoms with Crippen LogP contribution in [0.1, 0.15) is 48.9 Å². The molecule has 8 nitrogen and oxygen atoms in total. The van der Waals surface area contributed by atoms with Crippen LogP contribution in [0.25, 0.3) is 15.6 Å². The highest BCUT2D eigenvalue weighted by molar-refractivity contribution is 5.97. The largest absolute Gasteiger partial charge is 0.463 e. The number of nitrogens with zero attached hydrogens (tertiary/aromatic N) is 6. The van der Waals surface area contributed by atoms with Gasteiger partial charge < -0.3 is 24.3 Å². The van der Waals surface area contributed by atoms with E-state index in [9.17, 15) is 4.79 Å². The zero-order valence-corrected chi connectivity index (χ0v) is 24.6. The van der Waals surface area contributed by atoms with E-state index in [1.54, 1.807) is 4.90 Å². The number of fused-ring (bicyclic) bond motifs is 2. The van der Waals surface area contributed by atoms with Crippen molar-refractivity contribution < 1.29 is 9.53 Å². The van der Waals surface area contributed by atoms with E-state index >= 15 is 0 Å². The number of carbonyl (C=O) groups excluding carboxylic acids is 1. The molecule has 0 bridgehead atoms. The molecule has 0 N–H and O–H groups in total. The second-order valence-corrected chi connectivity index (χ2v) is 11.8. The molecule has 1 aromatic heterocycles. The smallest absolute Gasteiger partial charge is 0.318 e. The molecule has 8 heteroatoms. The third-order valence-electron chi connectivity index (χ3n) is 9.21. The van der Waals surface area contributed by atoms with Gasteiger partial charge in [0.05, 0.1) is 18.8 Å². The zero-order valence-electron chi connectivity index (χ0n) is 24.6. The standard InChI is InChI=1S/C34H40N6O2/c1-4-31(41)40-19-18-39(22-27(40)21-35-3)33-28-16-17-38(30-15-7-14-26-13-5-9-24(2)32(26)30)23-29(28)36-34(37-33)42-20-8-12-25-10-6-11-25/h4-5,7,9,13-15,25,27H,1,6,8,10-12,16-23H2,2H3/t27-/m0/s1. The van der Waals surface area contributed by atoms with Gasteiger partial charge in [0.2, 0.25) is 12.5 Å². The first-order valence-corrected chi connectivity index (χ1v) is 15.3. The van der Waals surface area contributed by atoms with Gasteiger partial charge in [0.15, 0.2) is 0 Å². The van der Waals surface area contributed by atoms with Crippen LogP contribution in [0.15, 0.2) is 49.1 Å². The van der Waals surface area contributed by atoms with Gasteiger partial charge >= 0.3 is 6.01 Å². The van der Waals surface area contributed by atoms with Crippen molar-refractivity contribution in [3.05, 3.63) is 77.3 Å². The van der Waals surface area contributed by atoms with Crippen molar-refractivity contribution in [3.63, 3.8) is 0 Å². The summed E-state index contributed by atoms with van der Waals surface area (Å²) in [7, 11) is 0. The maximum Gasteiger partial charge on any atom is 0.318 e. The predicted molar refractivity (Wildman–Crippen MR) is 167 cm³/mol. The Hall–Kier alpha value is -4.12. The van der Waals surface area contributed by atoms with Gasteiger partial charge in [-0.25, -0.2) is 6.57 Å². The minimum absolute atomic E-state index is 0.121. The molecular formula is C34H40N6O2. The fourth-order valence-corrected chi connectivity index (χ4v) is 6.72. The van der Waals surface area contributed by atoms with Crippen molar-refractivity contribution in [2.75, 3.05) is 49.1 Å². The number of anilines is 2. The molecule has 0 unspecified atom stereocenters. The molecule has 42 heavy (non-hydrogen) atoms. The van der Waals surface area contributed by atoms with Crippen LogP contribution in [-0.4, -0.2) is 66.1 Å². The van der Waals surface area contributed by atoms with Gasteiger partial charge in [-0.2, -0.15) is 9.97 Å². The fourth-order valence-electron chi connectivity index (χ4n) is 6.72. The van der Waals surface area contributed by atoms with Gasteiger partial charge in [0.25, 0.3) is 0 Å². The molecule has 3 aliphatic rings. The minimum Gasteiger partial charge on any atom is -0.463 e. The van der Waals surface area contributed by atoms with Crippen LogP contribution < -0.4 is 14.5 Å². The number of hydrogen-bond donors (Lipinski definition) is 0. The highest BCUT2D eigenvalue weighted by atomic mass is 16.5. The van der Waals surface area contributed by atoms with Crippen LogP contribution in [0.3, 0.4) is 0 Å². The summed E-state index contributed by atoms with van der Waals surface area (Å²) < 4.78 is 6.21. The van der Waals surface area contributed by atoms with E-state index in [4.69, 9.17) is 21.3 Å². The topological polar surface area (TPSA) is 66.2 Å². The summed E-state index contributed by atoms with van der Waals surface area (Å²) in [6.07, 6.45) is 8.41. The second-order valence-electron chi connectivity index (χ2n) is 11.8. The van der Waals surface area contributed by atoms with Gasteiger partial charge in [0, 0.05) is 42.8 Å². The molecule has 1 atom stereocenters. The summed E-state index contributed by atoms with van der Waals surface area (Å²) in [4.78, 5) is 32.6. The lowest BCUT2D eigenvalue weighted by molar-refractivity contribution is -0.128. The number of amides is 1. The molecule has 3 heterocycles. The van der Waals surface area contributed by atoms with Crippen molar-refractivity contribution >= 4 is 28.2 Å². The number of rotatable bonds is 9. The molecule has 6 rings (SSSR count). The zero-order chi connectivity index (χ0) is 29.1. The molecule has 1 aliphatic carbocycles. The molecule has 3 aromatic rings. The van der Waals surface area contributed by atoms with Crippen molar-refractivity contribution in [1.29, 1.82) is 0 Å². The molecule has 1 amide bonds. The maximum absolute atomic E-state index is 12.5. The van der Waals surface area contributed by atoms with E-state index < -0.39 is 0 Å². The summed E-state index contributed by atoms with van der Waals surface area (Å²) in [5.41, 5.74) is 4.64. The first kappa shape index (κ1) is 28.0. The normalized spacial score (nSPS) is 18.8. The van der Waals surface area contributed by atoms with Crippen LogP contribution in [0.4, 0.5) is 11.5 Å².